The van der Waals surface area contributed by atoms with Crippen LogP contribution in [0, 0.1) is 0 Å². The molecule has 1 amide bonds. The Morgan fingerprint density at radius 2 is 2.00 bits per heavy atom. The summed E-state index contributed by atoms with van der Waals surface area (Å²) >= 11 is 1.35. The molecule has 2 aromatic carbocycles. The quantitative estimate of drug-likeness (QED) is 0.728. The van der Waals surface area contributed by atoms with Crippen LogP contribution in [0.5, 0.6) is 11.5 Å². The highest BCUT2D eigenvalue weighted by molar-refractivity contribution is 8.15. The summed E-state index contributed by atoms with van der Waals surface area (Å²) in [4.78, 5) is 16.7. The minimum atomic E-state index is -0.131. The molecule has 1 fully saturated rings. The molecule has 0 bridgehead atoms. The molecule has 1 aliphatic heterocycles. The monoisotopic (exact) mass is 397 g/mol. The Hall–Kier alpha value is -2.80. The minimum absolute atomic E-state index is 0.0343. The maximum absolute atomic E-state index is 12.2. The van der Waals surface area contributed by atoms with E-state index in [9.17, 15) is 9.90 Å². The number of amidine groups is 1. The number of phenols is 1. The number of aliphatic imine (C=N–C) groups is 1. The molecule has 7 heteroatoms. The van der Waals surface area contributed by atoms with Crippen LogP contribution >= 0.6 is 11.8 Å². The number of rotatable bonds is 6. The van der Waals surface area contributed by atoms with E-state index in [1.807, 2.05) is 31.2 Å². The van der Waals surface area contributed by atoms with Gasteiger partial charge >= 0.3 is 0 Å². The van der Waals surface area contributed by atoms with Crippen LogP contribution in [0.4, 0.5) is 5.69 Å². The molecule has 0 unspecified atom stereocenters. The van der Waals surface area contributed by atoms with Gasteiger partial charge in [0.1, 0.15) is 0 Å². The minimum Gasteiger partial charge on any atom is -0.504 e. The summed E-state index contributed by atoms with van der Waals surface area (Å²) in [5, 5.41) is 16.1. The van der Waals surface area contributed by atoms with E-state index in [0.29, 0.717) is 34.8 Å². The van der Waals surface area contributed by atoms with Gasteiger partial charge in [-0.1, -0.05) is 37.7 Å². The van der Waals surface area contributed by atoms with E-state index in [0.717, 1.165) is 5.69 Å². The Bertz CT molecular complexity index is 908. The number of hydrazone groups is 1. The number of benzene rings is 2. The third-order valence-corrected chi connectivity index (χ3v) is 5.05. The first kappa shape index (κ1) is 19.9. The van der Waals surface area contributed by atoms with Crippen molar-refractivity contribution < 1.29 is 14.6 Å². The lowest BCUT2D eigenvalue weighted by Crippen LogP contribution is -2.23. The predicted molar refractivity (Wildman–Crippen MR) is 114 cm³/mol. The molecular formula is C21H23N3O3S. The average molecular weight is 398 g/mol. The molecule has 28 heavy (non-hydrogen) atoms. The Balaban J connectivity index is 1.78. The van der Waals surface area contributed by atoms with Crippen LogP contribution in [0.2, 0.25) is 0 Å². The van der Waals surface area contributed by atoms with Crippen LogP contribution in [-0.4, -0.2) is 39.8 Å². The molecule has 0 atom stereocenters. The number of hydrogen-bond acceptors (Lipinski definition) is 6. The van der Waals surface area contributed by atoms with Gasteiger partial charge in [0.05, 0.1) is 24.3 Å². The second kappa shape index (κ2) is 8.93. The normalized spacial score (nSPS) is 15.9. The van der Waals surface area contributed by atoms with Crippen molar-refractivity contribution in [3.05, 3.63) is 53.6 Å². The lowest BCUT2D eigenvalue weighted by molar-refractivity contribution is -0.124. The topological polar surface area (TPSA) is 74.5 Å². The molecule has 0 spiro atoms. The largest absolute Gasteiger partial charge is 0.504 e. The summed E-state index contributed by atoms with van der Waals surface area (Å²) in [6, 6.07) is 13.0. The molecule has 0 aliphatic carbocycles. The second-order valence-corrected chi connectivity index (χ2v) is 7.48. The Labute approximate surface area is 168 Å². The van der Waals surface area contributed by atoms with Gasteiger partial charge in [-0.15, -0.1) is 0 Å². The van der Waals surface area contributed by atoms with Crippen molar-refractivity contribution in [3.63, 3.8) is 0 Å². The molecule has 2 aromatic rings. The van der Waals surface area contributed by atoms with Gasteiger partial charge in [-0.25, -0.2) is 4.99 Å². The number of amides is 1. The highest BCUT2D eigenvalue weighted by Gasteiger charge is 2.28. The smallest absolute Gasteiger partial charge is 0.259 e. The predicted octanol–water partition coefficient (Wildman–Crippen LogP) is 4.51. The van der Waals surface area contributed by atoms with Gasteiger partial charge in [-0.2, -0.15) is 10.1 Å². The van der Waals surface area contributed by atoms with Crippen molar-refractivity contribution in [1.82, 2.24) is 5.01 Å². The molecule has 146 valence electrons. The van der Waals surface area contributed by atoms with Crippen LogP contribution in [0.25, 0.3) is 0 Å². The number of phenolic OH excluding ortho intramolecular Hbond substituents is 1. The summed E-state index contributed by atoms with van der Waals surface area (Å²) in [6.45, 7) is 6.60. The second-order valence-electron chi connectivity index (χ2n) is 6.54. The molecule has 1 heterocycles. The van der Waals surface area contributed by atoms with Gasteiger partial charge in [0.15, 0.2) is 16.7 Å². The van der Waals surface area contributed by atoms with E-state index >= 15 is 0 Å². The number of nitrogens with zero attached hydrogens (tertiary/aromatic N) is 3. The van der Waals surface area contributed by atoms with Gasteiger partial charge < -0.3 is 9.84 Å². The zero-order valence-corrected chi connectivity index (χ0v) is 16.9. The van der Waals surface area contributed by atoms with E-state index < -0.39 is 0 Å². The lowest BCUT2D eigenvalue weighted by Gasteiger charge is -2.10. The summed E-state index contributed by atoms with van der Waals surface area (Å²) in [6.07, 6.45) is 1.52. The van der Waals surface area contributed by atoms with Crippen LogP contribution < -0.4 is 4.74 Å². The Morgan fingerprint density at radius 1 is 1.25 bits per heavy atom. The van der Waals surface area contributed by atoms with Crippen molar-refractivity contribution in [1.29, 1.82) is 0 Å². The third kappa shape index (κ3) is 4.72. The maximum atomic E-state index is 12.2. The molecule has 6 nitrogen and oxygen atoms in total. The Morgan fingerprint density at radius 3 is 2.64 bits per heavy atom. The fraction of sp³-hybridized carbons (Fsp3) is 0.286. The first-order chi connectivity index (χ1) is 13.5. The summed E-state index contributed by atoms with van der Waals surface area (Å²) in [5.74, 6) is 1.07. The van der Waals surface area contributed by atoms with Crippen LogP contribution in [0.1, 0.15) is 37.8 Å². The lowest BCUT2D eigenvalue weighted by atomic mass is 10.0. The van der Waals surface area contributed by atoms with Gasteiger partial charge in [-0.3, -0.25) is 4.79 Å². The van der Waals surface area contributed by atoms with Crippen molar-refractivity contribution in [2.45, 2.75) is 26.7 Å². The van der Waals surface area contributed by atoms with Gasteiger partial charge in [-0.05, 0) is 54.3 Å². The van der Waals surface area contributed by atoms with Crippen LogP contribution in [0.15, 0.2) is 52.6 Å². The van der Waals surface area contributed by atoms with E-state index in [1.165, 1.54) is 28.5 Å². The number of carbonyl (C=O) groups excluding carboxylic acids is 1. The zero-order chi connectivity index (χ0) is 20.1. The number of thioether (sulfide) groups is 1. The van der Waals surface area contributed by atoms with Crippen molar-refractivity contribution in [3.8, 4) is 11.5 Å². The molecule has 3 rings (SSSR count). The zero-order valence-electron chi connectivity index (χ0n) is 16.1. The van der Waals surface area contributed by atoms with Crippen LogP contribution in [-0.2, 0) is 4.79 Å². The highest BCUT2D eigenvalue weighted by Crippen LogP contribution is 2.27. The average Bonchev–Trinajstić information content (AvgIpc) is 3.02. The van der Waals surface area contributed by atoms with E-state index in [2.05, 4.69) is 23.9 Å². The van der Waals surface area contributed by atoms with E-state index in [1.54, 1.807) is 18.2 Å². The third-order valence-electron chi connectivity index (χ3n) is 4.13. The molecular weight excluding hydrogens is 374 g/mol. The van der Waals surface area contributed by atoms with Crippen LogP contribution in [0.3, 0.4) is 0 Å². The number of ether oxygens (including phenoxy) is 1. The fourth-order valence-electron chi connectivity index (χ4n) is 2.61. The summed E-state index contributed by atoms with van der Waals surface area (Å²) in [5.41, 5.74) is 2.68. The first-order valence-electron chi connectivity index (χ1n) is 9.12. The molecule has 0 radical (unpaired) electrons. The standard InChI is InChI=1S/C21H23N3O3S/c1-4-27-19-10-5-15(11-18(19)25)12-22-24-20(26)13-28-21(24)23-17-8-6-16(7-9-17)14(2)3/h5-12,14,25H,4,13H2,1-3H3/b22-12-,23-21?. The summed E-state index contributed by atoms with van der Waals surface area (Å²) in [7, 11) is 0. The van der Waals surface area contributed by atoms with Crippen molar-refractivity contribution in [2.75, 3.05) is 12.4 Å². The van der Waals surface area contributed by atoms with Gasteiger partial charge in [0, 0.05) is 0 Å². The number of hydrogen-bond donors (Lipinski definition) is 1. The van der Waals surface area contributed by atoms with Crippen molar-refractivity contribution >= 4 is 34.7 Å². The molecule has 1 N–H and O–H groups in total. The van der Waals surface area contributed by atoms with Gasteiger partial charge in [0.25, 0.3) is 5.91 Å². The Kier molecular flexibility index (Phi) is 6.36. The number of carbonyl (C=O) groups is 1. The molecule has 1 saturated heterocycles. The first-order valence-corrected chi connectivity index (χ1v) is 10.1. The molecule has 0 saturated carbocycles. The van der Waals surface area contributed by atoms with E-state index in [4.69, 9.17) is 4.74 Å². The SMILES string of the molecule is CCOc1ccc(/C=N\N2C(=O)CSC2=Nc2ccc(C(C)C)cc2)cc1O. The number of aromatic hydroxyl groups is 1. The molecule has 0 aromatic heterocycles. The molecule has 1 aliphatic rings. The van der Waals surface area contributed by atoms with Gasteiger partial charge in [0.2, 0.25) is 0 Å². The van der Waals surface area contributed by atoms with Crippen molar-refractivity contribution in [2.24, 2.45) is 10.1 Å². The maximum Gasteiger partial charge on any atom is 0.259 e. The fourth-order valence-corrected chi connectivity index (χ4v) is 3.43. The van der Waals surface area contributed by atoms with E-state index in [-0.39, 0.29) is 11.7 Å². The summed E-state index contributed by atoms with van der Waals surface area (Å²) < 4.78 is 5.31. The highest BCUT2D eigenvalue weighted by atomic mass is 32.2.